The zero-order valence-electron chi connectivity index (χ0n) is 39.9. The van der Waals surface area contributed by atoms with E-state index in [1.807, 2.05) is 97.1 Å². The van der Waals surface area contributed by atoms with E-state index < -0.39 is 0 Å². The van der Waals surface area contributed by atoms with Gasteiger partial charge < -0.3 is 9.13 Å². The minimum absolute atomic E-state index is 0.574. The minimum Gasteiger partial charge on any atom is -0.309 e. The van der Waals surface area contributed by atoms with Crippen molar-refractivity contribution in [1.29, 1.82) is 0 Å². The summed E-state index contributed by atoms with van der Waals surface area (Å²) in [4.78, 5) is 33.0. The van der Waals surface area contributed by atoms with Crippen LogP contribution in [0, 0.1) is 0 Å². The molecule has 0 aliphatic carbocycles. The third-order valence-corrected chi connectivity index (χ3v) is 13.2. The number of para-hydroxylation sites is 4. The fourth-order valence-corrected chi connectivity index (χ4v) is 9.77. The number of rotatable bonds is 8. The highest BCUT2D eigenvalue weighted by molar-refractivity contribution is 6.10. The number of hydrogen-bond acceptors (Lipinski definition) is 7. The van der Waals surface area contributed by atoms with E-state index >= 15 is 0 Å². The first-order chi connectivity index (χ1) is 36.7. The summed E-state index contributed by atoms with van der Waals surface area (Å²) in [6.07, 6.45) is 5.32. The normalized spacial score (nSPS) is 11.2. The Bertz CT molecular complexity index is 3770. The summed E-state index contributed by atoms with van der Waals surface area (Å²) in [5, 5.41) is 5.01. The van der Waals surface area contributed by atoms with Gasteiger partial charge in [-0.25, -0.2) is 19.9 Å². The monoisotopic (exact) mass is 949 g/mol. The third kappa shape index (κ3) is 8.30. The van der Waals surface area contributed by atoms with Crippen LogP contribution in [0.25, 0.3) is 123 Å². The van der Waals surface area contributed by atoms with E-state index in [-0.39, 0.29) is 0 Å². The van der Waals surface area contributed by atoms with Gasteiger partial charge in [-0.15, -0.1) is 0 Å². The minimum atomic E-state index is 0.574. The summed E-state index contributed by atoms with van der Waals surface area (Å²) >= 11 is 0. The quantitative estimate of drug-likeness (QED) is 0.150. The van der Waals surface area contributed by atoms with Crippen LogP contribution in [0.5, 0.6) is 0 Å². The summed E-state index contributed by atoms with van der Waals surface area (Å²) in [6, 6.07) is 82.9. The Morgan fingerprint density at radius 2 is 0.568 bits per heavy atom. The average molecular weight is 950 g/mol. The van der Waals surface area contributed by atoms with Gasteiger partial charge in [-0.1, -0.05) is 146 Å². The summed E-state index contributed by atoms with van der Waals surface area (Å²) in [7, 11) is 0. The third-order valence-electron chi connectivity index (χ3n) is 13.2. The molecule has 7 heterocycles. The van der Waals surface area contributed by atoms with E-state index in [0.29, 0.717) is 11.6 Å². The van der Waals surface area contributed by atoms with Gasteiger partial charge in [0.05, 0.1) is 56.2 Å². The molecular formula is C65H43N9. The van der Waals surface area contributed by atoms with Crippen LogP contribution < -0.4 is 0 Å². The smallest absolute Gasteiger partial charge is 0.179 e. The van der Waals surface area contributed by atoms with E-state index in [1.54, 1.807) is 18.6 Å². The van der Waals surface area contributed by atoms with Gasteiger partial charge in [0.1, 0.15) is 5.69 Å². The predicted octanol–water partition coefficient (Wildman–Crippen LogP) is 15.3. The van der Waals surface area contributed by atoms with Crippen molar-refractivity contribution in [2.24, 2.45) is 0 Å². The van der Waals surface area contributed by atoms with Crippen molar-refractivity contribution in [1.82, 2.24) is 44.0 Å². The zero-order chi connectivity index (χ0) is 49.2. The molecule has 0 saturated carbocycles. The van der Waals surface area contributed by atoms with Gasteiger partial charge in [-0.05, 0) is 97.1 Å². The Morgan fingerprint density at radius 3 is 0.973 bits per heavy atom. The van der Waals surface area contributed by atoms with Crippen molar-refractivity contribution in [3.63, 3.8) is 0 Å². The molecule has 7 aromatic carbocycles. The number of nitrogens with zero attached hydrogens (tertiary/aromatic N) is 9. The fraction of sp³-hybridized carbons (Fsp3) is 0. The van der Waals surface area contributed by atoms with Gasteiger partial charge in [-0.3, -0.25) is 15.0 Å². The van der Waals surface area contributed by atoms with Gasteiger partial charge in [0, 0.05) is 68.2 Å². The fourth-order valence-electron chi connectivity index (χ4n) is 9.77. The Balaban J connectivity index is 0.000000143. The number of hydrogen-bond donors (Lipinski definition) is 0. The lowest BCUT2D eigenvalue weighted by Gasteiger charge is -2.11. The summed E-state index contributed by atoms with van der Waals surface area (Å²) in [5.41, 5.74) is 15.6. The maximum absolute atomic E-state index is 4.95. The van der Waals surface area contributed by atoms with Gasteiger partial charge in [-0.2, -0.15) is 0 Å². The molecule has 14 rings (SSSR count). The molecule has 0 saturated heterocycles. The van der Waals surface area contributed by atoms with Crippen LogP contribution in [0.2, 0.25) is 0 Å². The lowest BCUT2D eigenvalue weighted by atomic mass is 10.1. The highest BCUT2D eigenvalue weighted by Crippen LogP contribution is 2.35. The van der Waals surface area contributed by atoms with Crippen LogP contribution in [-0.4, -0.2) is 44.0 Å². The molecule has 7 aromatic heterocycles. The molecule has 0 aliphatic rings. The van der Waals surface area contributed by atoms with Crippen LogP contribution >= 0.6 is 0 Å². The molecule has 0 N–H and O–H groups in total. The summed E-state index contributed by atoms with van der Waals surface area (Å²) in [5.74, 6) is 1.26. The first-order valence-electron chi connectivity index (χ1n) is 24.5. The van der Waals surface area contributed by atoms with E-state index in [9.17, 15) is 0 Å². The van der Waals surface area contributed by atoms with Crippen LogP contribution in [0.1, 0.15) is 0 Å². The maximum Gasteiger partial charge on any atom is 0.179 e. The van der Waals surface area contributed by atoms with Crippen LogP contribution in [0.3, 0.4) is 0 Å². The Labute approximate surface area is 426 Å². The van der Waals surface area contributed by atoms with Gasteiger partial charge in [0.25, 0.3) is 0 Å². The molecule has 9 heteroatoms. The van der Waals surface area contributed by atoms with Crippen molar-refractivity contribution in [3.05, 3.63) is 261 Å². The topological polar surface area (TPSA) is 100 Å². The molecule has 0 spiro atoms. The molecular weight excluding hydrogens is 907 g/mol. The van der Waals surface area contributed by atoms with Crippen molar-refractivity contribution >= 4 is 43.6 Å². The molecule has 14 aromatic rings. The summed E-state index contributed by atoms with van der Waals surface area (Å²) in [6.45, 7) is 0. The number of fused-ring (bicyclic) bond motifs is 6. The molecule has 74 heavy (non-hydrogen) atoms. The molecule has 0 unspecified atom stereocenters. The molecule has 0 aliphatic heterocycles. The highest BCUT2D eigenvalue weighted by Gasteiger charge is 2.17. The van der Waals surface area contributed by atoms with E-state index in [2.05, 4.69) is 170 Å². The average Bonchev–Trinajstić information content (AvgIpc) is 4.01. The van der Waals surface area contributed by atoms with Crippen LogP contribution in [0.15, 0.2) is 261 Å². The summed E-state index contributed by atoms with van der Waals surface area (Å²) < 4.78 is 4.64. The number of benzene rings is 7. The lowest BCUT2D eigenvalue weighted by molar-refractivity contribution is 1.13. The molecule has 0 bridgehead atoms. The molecule has 0 fully saturated rings. The van der Waals surface area contributed by atoms with E-state index in [4.69, 9.17) is 19.9 Å². The Morgan fingerprint density at radius 1 is 0.230 bits per heavy atom. The first kappa shape index (κ1) is 43.7. The highest BCUT2D eigenvalue weighted by atomic mass is 15.0. The zero-order valence-corrected chi connectivity index (χ0v) is 39.9. The second kappa shape index (κ2) is 19.2. The van der Waals surface area contributed by atoms with Crippen molar-refractivity contribution in [2.75, 3.05) is 0 Å². The van der Waals surface area contributed by atoms with Gasteiger partial charge in [0.15, 0.2) is 11.6 Å². The Kier molecular flexibility index (Phi) is 11.3. The van der Waals surface area contributed by atoms with Gasteiger partial charge >= 0.3 is 0 Å². The largest absolute Gasteiger partial charge is 0.309 e. The van der Waals surface area contributed by atoms with Crippen molar-refractivity contribution < 1.29 is 0 Å². The van der Waals surface area contributed by atoms with E-state index in [1.165, 1.54) is 43.6 Å². The second-order valence-electron chi connectivity index (χ2n) is 17.8. The predicted molar refractivity (Wildman–Crippen MR) is 299 cm³/mol. The molecule has 0 radical (unpaired) electrons. The van der Waals surface area contributed by atoms with E-state index in [0.717, 1.165) is 67.9 Å². The van der Waals surface area contributed by atoms with Gasteiger partial charge in [0.2, 0.25) is 0 Å². The second-order valence-corrected chi connectivity index (χ2v) is 17.8. The number of aromatic nitrogens is 9. The maximum atomic E-state index is 4.95. The number of pyridine rings is 3. The Hall–Kier alpha value is -10.3. The molecule has 348 valence electrons. The molecule has 9 nitrogen and oxygen atoms in total. The van der Waals surface area contributed by atoms with Crippen molar-refractivity contribution in [2.45, 2.75) is 0 Å². The lowest BCUT2D eigenvalue weighted by Crippen LogP contribution is -1.98. The standard InChI is InChI=1S/C33H22N4.C32H21N5/c1-2-10-24(11-3-1)33-35-29(22-30(36-33)28-14-8-9-21-34-28)23-17-19-25(20-18-23)37-31-15-6-4-12-26(31)27-13-5-7-16-32(27)37;1-3-13-30-24(9-1)25-10-2-4-14-31(25)37(30)23-17-15-22(16-18-23)28-21-29(26-11-5-7-19-33-26)36-32(35-28)27-12-6-8-20-34-27/h1-22H;1-21H. The first-order valence-corrected chi connectivity index (χ1v) is 24.5. The van der Waals surface area contributed by atoms with Crippen LogP contribution in [-0.2, 0) is 0 Å². The molecule has 0 amide bonds. The van der Waals surface area contributed by atoms with Crippen molar-refractivity contribution in [3.8, 4) is 79.6 Å². The SMILES string of the molecule is c1ccc(-c2cc(-c3ccc(-n4c5ccccc5c5ccccc54)cc3)nc(-c3ccccn3)n2)nc1.c1ccc(-c2nc(-c3ccc(-n4c5ccccc5c5ccccc54)cc3)cc(-c3ccccn3)n2)cc1. The van der Waals surface area contributed by atoms with Crippen LogP contribution in [0.4, 0.5) is 0 Å². The molecule has 0 atom stereocenters.